The van der Waals surface area contributed by atoms with Crippen LogP contribution in [0.25, 0.3) is 0 Å². The average molecular weight is 289 g/mol. The van der Waals surface area contributed by atoms with E-state index in [2.05, 4.69) is 11.0 Å². The number of rotatable bonds is 5. The molecule has 1 N–H and O–H groups in total. The molecule has 1 saturated carbocycles. The van der Waals surface area contributed by atoms with Crippen LogP contribution in [0.1, 0.15) is 43.2 Å². The first kappa shape index (κ1) is 14.4. The van der Waals surface area contributed by atoms with E-state index >= 15 is 0 Å². The van der Waals surface area contributed by atoms with Crippen LogP contribution in [0.15, 0.2) is 18.2 Å². The number of ether oxygens (including phenoxy) is 1. The molecule has 21 heavy (non-hydrogen) atoms. The number of likely N-dealkylation sites (tertiary alicyclic amines) is 1. The van der Waals surface area contributed by atoms with Crippen molar-refractivity contribution in [2.45, 2.75) is 44.1 Å². The van der Waals surface area contributed by atoms with Crippen molar-refractivity contribution in [2.75, 3.05) is 20.2 Å². The Bertz CT molecular complexity index is 531. The molecule has 114 valence electrons. The van der Waals surface area contributed by atoms with Crippen LogP contribution in [-0.2, 0) is 16.8 Å². The molecule has 2 aliphatic rings. The second kappa shape index (κ2) is 5.68. The molecule has 1 saturated heterocycles. The highest BCUT2D eigenvalue weighted by Crippen LogP contribution is 2.45. The molecule has 1 aromatic carbocycles. The Hall–Kier alpha value is -1.55. The Morgan fingerprint density at radius 3 is 2.52 bits per heavy atom. The van der Waals surface area contributed by atoms with Gasteiger partial charge in [-0.1, -0.05) is 12.5 Å². The molecular weight excluding hydrogens is 266 g/mol. The van der Waals surface area contributed by atoms with Gasteiger partial charge in [-0.15, -0.1) is 0 Å². The van der Waals surface area contributed by atoms with Crippen molar-refractivity contribution in [1.82, 2.24) is 4.90 Å². The molecule has 0 radical (unpaired) electrons. The summed E-state index contributed by atoms with van der Waals surface area (Å²) < 4.78 is 5.46. The predicted molar refractivity (Wildman–Crippen MR) is 80.7 cm³/mol. The maximum absolute atomic E-state index is 11.7. The zero-order valence-corrected chi connectivity index (χ0v) is 12.6. The van der Waals surface area contributed by atoms with Gasteiger partial charge in [-0.05, 0) is 56.5 Å². The average Bonchev–Trinajstić information content (AvgIpc) is 2.90. The largest absolute Gasteiger partial charge is 0.496 e. The lowest BCUT2D eigenvalue weighted by Crippen LogP contribution is -2.42. The summed E-state index contributed by atoms with van der Waals surface area (Å²) in [4.78, 5) is 14.1. The van der Waals surface area contributed by atoms with Crippen molar-refractivity contribution < 1.29 is 14.6 Å². The topological polar surface area (TPSA) is 49.8 Å². The minimum Gasteiger partial charge on any atom is -0.496 e. The van der Waals surface area contributed by atoms with Gasteiger partial charge in [-0.25, -0.2) is 0 Å². The molecule has 1 aliphatic carbocycles. The second-order valence-corrected chi connectivity index (χ2v) is 6.25. The molecule has 0 atom stereocenters. The van der Waals surface area contributed by atoms with E-state index in [0.717, 1.165) is 55.8 Å². The second-order valence-electron chi connectivity index (χ2n) is 6.25. The Morgan fingerprint density at radius 1 is 1.29 bits per heavy atom. The van der Waals surface area contributed by atoms with E-state index in [1.54, 1.807) is 7.11 Å². The molecule has 4 heteroatoms. The van der Waals surface area contributed by atoms with Crippen molar-refractivity contribution >= 4 is 5.97 Å². The molecule has 0 aromatic heterocycles. The molecule has 3 rings (SSSR count). The van der Waals surface area contributed by atoms with Gasteiger partial charge in [0.15, 0.2) is 0 Å². The summed E-state index contributed by atoms with van der Waals surface area (Å²) in [5.74, 6) is 0.177. The lowest BCUT2D eigenvalue weighted by Gasteiger charge is -2.38. The van der Waals surface area contributed by atoms with Crippen LogP contribution >= 0.6 is 0 Å². The van der Waals surface area contributed by atoms with Gasteiger partial charge in [-0.3, -0.25) is 9.69 Å². The summed E-state index contributed by atoms with van der Waals surface area (Å²) in [6, 6.07) is 5.92. The van der Waals surface area contributed by atoms with Crippen LogP contribution in [-0.4, -0.2) is 36.2 Å². The SMILES string of the molecule is COc1ccc(C2(C(=O)O)CCC2)cc1CN1CCCC1. The Labute approximate surface area is 125 Å². The van der Waals surface area contributed by atoms with Gasteiger partial charge < -0.3 is 9.84 Å². The van der Waals surface area contributed by atoms with Crippen molar-refractivity contribution in [1.29, 1.82) is 0 Å². The standard InChI is InChI=1S/C17H23NO3/c1-21-15-6-5-14(17(16(19)20)7-4-8-17)11-13(15)12-18-9-2-3-10-18/h5-6,11H,2-4,7-10,12H2,1H3,(H,19,20). The summed E-state index contributed by atoms with van der Waals surface area (Å²) >= 11 is 0. The molecule has 0 bridgehead atoms. The van der Waals surface area contributed by atoms with E-state index in [-0.39, 0.29) is 0 Å². The number of hydrogen-bond acceptors (Lipinski definition) is 3. The smallest absolute Gasteiger partial charge is 0.314 e. The third kappa shape index (κ3) is 2.53. The van der Waals surface area contributed by atoms with Gasteiger partial charge in [0.1, 0.15) is 5.75 Å². The molecule has 2 fully saturated rings. The molecule has 4 nitrogen and oxygen atoms in total. The van der Waals surface area contributed by atoms with Gasteiger partial charge in [0, 0.05) is 12.1 Å². The zero-order chi connectivity index (χ0) is 14.9. The maximum Gasteiger partial charge on any atom is 0.314 e. The number of methoxy groups -OCH3 is 1. The number of carboxylic acid groups (broad SMARTS) is 1. The van der Waals surface area contributed by atoms with E-state index in [0.29, 0.717) is 0 Å². The Morgan fingerprint density at radius 2 is 2.00 bits per heavy atom. The van der Waals surface area contributed by atoms with E-state index < -0.39 is 11.4 Å². The first-order valence-electron chi connectivity index (χ1n) is 7.79. The molecule has 1 aliphatic heterocycles. The van der Waals surface area contributed by atoms with Crippen molar-refractivity contribution in [3.63, 3.8) is 0 Å². The molecule has 1 heterocycles. The molecule has 0 unspecified atom stereocenters. The van der Waals surface area contributed by atoms with E-state index in [4.69, 9.17) is 4.74 Å². The highest BCUT2D eigenvalue weighted by Gasteiger charge is 2.46. The minimum absolute atomic E-state index is 0.661. The fourth-order valence-electron chi connectivity index (χ4n) is 3.54. The lowest BCUT2D eigenvalue weighted by molar-refractivity contribution is -0.147. The summed E-state index contributed by atoms with van der Waals surface area (Å²) in [6.45, 7) is 3.10. The van der Waals surface area contributed by atoms with Gasteiger partial charge in [0.05, 0.1) is 12.5 Å². The Balaban J connectivity index is 1.90. The van der Waals surface area contributed by atoms with Gasteiger partial charge in [0.2, 0.25) is 0 Å². The monoisotopic (exact) mass is 289 g/mol. The zero-order valence-electron chi connectivity index (χ0n) is 12.6. The van der Waals surface area contributed by atoms with Crippen LogP contribution in [0.2, 0.25) is 0 Å². The normalized spacial score (nSPS) is 21.0. The molecule has 0 amide bonds. The molecular formula is C17H23NO3. The minimum atomic E-state index is -0.689. The van der Waals surface area contributed by atoms with Crippen LogP contribution < -0.4 is 4.74 Å². The first-order chi connectivity index (χ1) is 10.2. The summed E-state index contributed by atoms with van der Waals surface area (Å²) in [6.07, 6.45) is 5.00. The lowest BCUT2D eigenvalue weighted by atomic mass is 9.64. The highest BCUT2D eigenvalue weighted by atomic mass is 16.5. The van der Waals surface area contributed by atoms with E-state index in [9.17, 15) is 9.90 Å². The molecule has 1 aromatic rings. The Kier molecular flexibility index (Phi) is 3.89. The quantitative estimate of drug-likeness (QED) is 0.905. The van der Waals surface area contributed by atoms with Crippen molar-refractivity contribution in [3.05, 3.63) is 29.3 Å². The number of aliphatic carboxylic acids is 1. The molecule has 0 spiro atoms. The summed E-state index contributed by atoms with van der Waals surface area (Å²) in [5, 5.41) is 9.60. The fourth-order valence-corrected chi connectivity index (χ4v) is 3.54. The fraction of sp³-hybridized carbons (Fsp3) is 0.588. The van der Waals surface area contributed by atoms with Crippen molar-refractivity contribution in [3.8, 4) is 5.75 Å². The first-order valence-corrected chi connectivity index (χ1v) is 7.79. The summed E-state index contributed by atoms with van der Waals surface area (Å²) in [5.41, 5.74) is 1.40. The number of benzene rings is 1. The summed E-state index contributed by atoms with van der Waals surface area (Å²) in [7, 11) is 1.68. The highest BCUT2D eigenvalue weighted by molar-refractivity contribution is 5.82. The third-order valence-corrected chi connectivity index (χ3v) is 5.04. The van der Waals surface area contributed by atoms with Gasteiger partial charge in [0.25, 0.3) is 0 Å². The maximum atomic E-state index is 11.7. The number of carboxylic acids is 1. The van der Waals surface area contributed by atoms with Crippen LogP contribution in [0, 0.1) is 0 Å². The van der Waals surface area contributed by atoms with Crippen LogP contribution in [0.4, 0.5) is 0 Å². The number of hydrogen-bond donors (Lipinski definition) is 1. The number of nitrogens with zero attached hydrogens (tertiary/aromatic N) is 1. The van der Waals surface area contributed by atoms with Crippen LogP contribution in [0.5, 0.6) is 5.75 Å². The number of carbonyl (C=O) groups is 1. The third-order valence-electron chi connectivity index (χ3n) is 5.04. The van der Waals surface area contributed by atoms with E-state index in [1.807, 2.05) is 12.1 Å². The predicted octanol–water partition coefficient (Wildman–Crippen LogP) is 2.80. The van der Waals surface area contributed by atoms with Crippen molar-refractivity contribution in [2.24, 2.45) is 0 Å². The van der Waals surface area contributed by atoms with Gasteiger partial charge >= 0.3 is 5.97 Å². The van der Waals surface area contributed by atoms with E-state index in [1.165, 1.54) is 12.8 Å². The van der Waals surface area contributed by atoms with Gasteiger partial charge in [-0.2, -0.15) is 0 Å². The van der Waals surface area contributed by atoms with Crippen LogP contribution in [0.3, 0.4) is 0 Å².